The summed E-state index contributed by atoms with van der Waals surface area (Å²) >= 11 is 0. The number of ketones is 1. The van der Waals surface area contributed by atoms with E-state index >= 15 is 0 Å². The van der Waals surface area contributed by atoms with Gasteiger partial charge in [0.25, 0.3) is 0 Å². The van der Waals surface area contributed by atoms with Crippen molar-refractivity contribution in [2.75, 3.05) is 0 Å². The Kier molecular flexibility index (Phi) is 13.4. The van der Waals surface area contributed by atoms with Gasteiger partial charge >= 0.3 is 11.7 Å². The molecule has 12 nitrogen and oxygen atoms in total. The van der Waals surface area contributed by atoms with Gasteiger partial charge in [0, 0.05) is 25.0 Å². The van der Waals surface area contributed by atoms with Crippen LogP contribution in [0.3, 0.4) is 0 Å². The zero-order chi connectivity index (χ0) is 33.1. The number of ether oxygens (including phenoxy) is 2. The fraction of sp³-hybridized carbons (Fsp3) is 0.562. The topological polar surface area (TPSA) is 180 Å². The third-order valence-electron chi connectivity index (χ3n) is 7.83. The highest BCUT2D eigenvalue weighted by molar-refractivity contribution is 5.93. The van der Waals surface area contributed by atoms with Crippen molar-refractivity contribution < 1.29 is 38.1 Å². The molecule has 0 aliphatic carbocycles. The predicted octanol–water partition coefficient (Wildman–Crippen LogP) is 2.41. The molecule has 1 aromatic heterocycles. The number of benzene rings is 1. The number of esters is 1. The molecule has 2 heterocycles. The number of halogens is 1. The van der Waals surface area contributed by atoms with Gasteiger partial charge in [-0.15, -0.1) is 0 Å². The molecule has 0 bridgehead atoms. The lowest BCUT2D eigenvalue weighted by Gasteiger charge is -2.18. The molecule has 2 amide bonds. The Labute approximate surface area is 261 Å². The molecule has 4 N–H and O–H groups in total. The monoisotopic (exact) mass is 630 g/mol. The second-order valence-corrected chi connectivity index (χ2v) is 11.6. The minimum absolute atomic E-state index is 0.0478. The van der Waals surface area contributed by atoms with E-state index in [1.54, 1.807) is 38.1 Å². The molecule has 1 aromatic carbocycles. The first kappa shape index (κ1) is 35.5. The van der Waals surface area contributed by atoms with Crippen LogP contribution in [-0.4, -0.2) is 56.5 Å². The number of hydrogen-bond acceptors (Lipinski definition) is 9. The van der Waals surface area contributed by atoms with Gasteiger partial charge in [0.15, 0.2) is 11.6 Å². The van der Waals surface area contributed by atoms with Crippen molar-refractivity contribution in [1.29, 1.82) is 0 Å². The molecule has 1 aliphatic rings. The zero-order valence-corrected chi connectivity index (χ0v) is 26.0. The van der Waals surface area contributed by atoms with Crippen molar-refractivity contribution in [3.63, 3.8) is 0 Å². The lowest BCUT2D eigenvalue weighted by Crippen LogP contribution is -2.44. The second kappa shape index (κ2) is 16.9. The smallest absolute Gasteiger partial charge is 0.350 e. The normalized spacial score (nSPS) is 20.0. The Bertz CT molecular complexity index is 1400. The van der Waals surface area contributed by atoms with Crippen LogP contribution in [0.1, 0.15) is 88.8 Å². The van der Waals surface area contributed by atoms with E-state index in [-0.39, 0.29) is 43.3 Å². The summed E-state index contributed by atoms with van der Waals surface area (Å²) in [7, 11) is 0. The van der Waals surface area contributed by atoms with Crippen LogP contribution in [0.5, 0.6) is 0 Å². The van der Waals surface area contributed by atoms with E-state index in [1.807, 2.05) is 0 Å². The number of Topliss-reactive ketones (excluding diaryl/α,β-unsaturated/α-hetero) is 1. The molecule has 2 aromatic rings. The summed E-state index contributed by atoms with van der Waals surface area (Å²) in [4.78, 5) is 65.4. The molecule has 13 heteroatoms. The number of unbranched alkanes of at least 4 members (excludes halogenated alkanes) is 4. The molecule has 0 radical (unpaired) electrons. The summed E-state index contributed by atoms with van der Waals surface area (Å²) < 4.78 is 26.5. The highest BCUT2D eigenvalue weighted by atomic mass is 19.1. The summed E-state index contributed by atoms with van der Waals surface area (Å²) in [5.41, 5.74) is 5.33. The van der Waals surface area contributed by atoms with Crippen molar-refractivity contribution >= 4 is 23.6 Å². The van der Waals surface area contributed by atoms with E-state index in [4.69, 9.17) is 15.2 Å². The van der Waals surface area contributed by atoms with Crippen LogP contribution < -0.4 is 16.7 Å². The van der Waals surface area contributed by atoms with E-state index in [0.717, 1.165) is 36.4 Å². The van der Waals surface area contributed by atoms with Gasteiger partial charge in [-0.25, -0.2) is 9.18 Å². The summed E-state index contributed by atoms with van der Waals surface area (Å²) in [5, 5.41) is 12.7. The maximum absolute atomic E-state index is 14.7. The first-order valence-electron chi connectivity index (χ1n) is 15.3. The van der Waals surface area contributed by atoms with Gasteiger partial charge in [0.05, 0.1) is 36.8 Å². The Morgan fingerprint density at radius 1 is 1.09 bits per heavy atom. The van der Waals surface area contributed by atoms with Crippen molar-refractivity contribution in [3.8, 4) is 0 Å². The standard InChI is InChI=1S/C32H43FN4O8/c1-4-5-6-7-8-9-28(40)35-25(15-27(34)39)26(38)14-21-10-12-22(13-11-21)18-44-29(41)16-24-23(33)17-37(32(43)36-24)31-19(2)30(42)20(3)45-31/h10-13,17,19-20,25,30-31,42H,4-9,14-16,18H2,1-3H3,(H2,34,39)(H,35,40)/t19-,20+,25+,30?,31+/m0/s1. The fourth-order valence-electron chi connectivity index (χ4n) is 5.16. The quantitative estimate of drug-likeness (QED) is 0.175. The average Bonchev–Trinajstić information content (AvgIpc) is 3.24. The number of carbonyl (C=O) groups excluding carboxylic acids is 4. The lowest BCUT2D eigenvalue weighted by atomic mass is 10.00. The molecule has 1 aliphatic heterocycles. The Hall–Kier alpha value is -3.97. The van der Waals surface area contributed by atoms with Crippen LogP contribution in [-0.2, 0) is 48.1 Å². The first-order chi connectivity index (χ1) is 21.4. The number of hydrogen-bond donors (Lipinski definition) is 3. The predicted molar refractivity (Wildman–Crippen MR) is 161 cm³/mol. The number of aliphatic hydroxyl groups is 1. The SMILES string of the molecule is CCCCCCCC(=O)N[C@H](CC(N)=O)C(=O)Cc1ccc(COC(=O)Cc2nc(=O)n([C@@H]3O[C@H](C)C(O)[C@@H]3C)cc2F)cc1. The van der Waals surface area contributed by atoms with Crippen molar-refractivity contribution in [1.82, 2.24) is 14.9 Å². The number of aromatic nitrogens is 2. The summed E-state index contributed by atoms with van der Waals surface area (Å²) in [6.45, 7) is 5.28. The summed E-state index contributed by atoms with van der Waals surface area (Å²) in [6.07, 6.45) is 2.87. The van der Waals surface area contributed by atoms with E-state index < -0.39 is 60.2 Å². The molecule has 5 atom stereocenters. The minimum Gasteiger partial charge on any atom is -0.461 e. The van der Waals surface area contributed by atoms with Gasteiger partial charge in [0.2, 0.25) is 11.8 Å². The largest absolute Gasteiger partial charge is 0.461 e. The van der Waals surface area contributed by atoms with Crippen LogP contribution in [0, 0.1) is 11.7 Å². The number of rotatable bonds is 17. The molecule has 45 heavy (non-hydrogen) atoms. The third-order valence-corrected chi connectivity index (χ3v) is 7.83. The van der Waals surface area contributed by atoms with E-state index in [0.29, 0.717) is 17.5 Å². The number of nitrogens with one attached hydrogen (secondary N) is 1. The molecule has 0 saturated carbocycles. The number of carbonyl (C=O) groups is 4. The van der Waals surface area contributed by atoms with Crippen LogP contribution in [0.15, 0.2) is 35.3 Å². The Balaban J connectivity index is 1.51. The van der Waals surface area contributed by atoms with Gasteiger partial charge in [-0.2, -0.15) is 4.98 Å². The van der Waals surface area contributed by atoms with Gasteiger partial charge in [-0.05, 0) is 24.5 Å². The second-order valence-electron chi connectivity index (χ2n) is 11.6. The average molecular weight is 631 g/mol. The molecular formula is C32H43FN4O8. The molecule has 1 fully saturated rings. The number of amides is 2. The highest BCUT2D eigenvalue weighted by Crippen LogP contribution is 2.33. The number of aliphatic hydroxyl groups excluding tert-OH is 1. The first-order valence-corrected chi connectivity index (χ1v) is 15.3. The minimum atomic E-state index is -1.02. The molecule has 3 rings (SSSR count). The molecule has 246 valence electrons. The van der Waals surface area contributed by atoms with Gasteiger partial charge in [-0.3, -0.25) is 23.7 Å². The fourth-order valence-corrected chi connectivity index (χ4v) is 5.16. The maximum atomic E-state index is 14.7. The van der Waals surface area contributed by atoms with Crippen LogP contribution in [0.4, 0.5) is 4.39 Å². The van der Waals surface area contributed by atoms with Crippen LogP contribution >= 0.6 is 0 Å². The van der Waals surface area contributed by atoms with Gasteiger partial charge in [-0.1, -0.05) is 63.8 Å². The van der Waals surface area contributed by atoms with E-state index in [2.05, 4.69) is 17.2 Å². The van der Waals surface area contributed by atoms with E-state index in [1.165, 1.54) is 0 Å². The lowest BCUT2D eigenvalue weighted by molar-refractivity contribution is -0.144. The van der Waals surface area contributed by atoms with Crippen molar-refractivity contribution in [2.45, 2.75) is 110 Å². The Morgan fingerprint density at radius 3 is 2.38 bits per heavy atom. The number of primary amides is 1. The number of nitrogens with two attached hydrogens (primary N) is 1. The molecular weight excluding hydrogens is 587 g/mol. The number of nitrogens with zero attached hydrogens (tertiary/aromatic N) is 2. The summed E-state index contributed by atoms with van der Waals surface area (Å²) in [6, 6.07) is 5.58. The highest BCUT2D eigenvalue weighted by Gasteiger charge is 2.40. The molecule has 1 saturated heterocycles. The van der Waals surface area contributed by atoms with Gasteiger partial charge in [0.1, 0.15) is 12.8 Å². The summed E-state index contributed by atoms with van der Waals surface area (Å²) in [5.74, 6) is -3.51. The van der Waals surface area contributed by atoms with Gasteiger partial charge < -0.3 is 25.6 Å². The van der Waals surface area contributed by atoms with Crippen LogP contribution in [0.2, 0.25) is 0 Å². The molecule has 0 spiro atoms. The van der Waals surface area contributed by atoms with Crippen LogP contribution in [0.25, 0.3) is 0 Å². The van der Waals surface area contributed by atoms with Crippen molar-refractivity contribution in [2.24, 2.45) is 11.7 Å². The third kappa shape index (κ3) is 10.6. The zero-order valence-electron chi connectivity index (χ0n) is 26.0. The maximum Gasteiger partial charge on any atom is 0.350 e. The Morgan fingerprint density at radius 2 is 1.76 bits per heavy atom. The van der Waals surface area contributed by atoms with E-state index in [9.17, 15) is 33.5 Å². The van der Waals surface area contributed by atoms with Crippen molar-refractivity contribution in [3.05, 3.63) is 63.6 Å². The molecule has 1 unspecified atom stereocenters.